The molecule has 0 N–H and O–H groups in total. The molecule has 0 aliphatic heterocycles. The number of nitrogens with zero attached hydrogens (tertiary/aromatic N) is 2. The van der Waals surface area contributed by atoms with Gasteiger partial charge in [0.1, 0.15) is 6.61 Å². The first-order valence-corrected chi connectivity index (χ1v) is 6.84. The summed E-state index contributed by atoms with van der Waals surface area (Å²) in [6, 6.07) is 6.48. The van der Waals surface area contributed by atoms with E-state index in [1.807, 2.05) is 6.92 Å². The van der Waals surface area contributed by atoms with E-state index in [4.69, 9.17) is 0 Å². The van der Waals surface area contributed by atoms with Crippen molar-refractivity contribution in [2.45, 2.75) is 25.3 Å². The van der Waals surface area contributed by atoms with Gasteiger partial charge in [0.25, 0.3) is 10.0 Å². The number of hydrogen-bond donors (Lipinski definition) is 0. The van der Waals surface area contributed by atoms with E-state index in [0.717, 1.165) is 9.54 Å². The minimum absolute atomic E-state index is 0.00748. The van der Waals surface area contributed by atoms with Crippen molar-refractivity contribution in [1.82, 2.24) is 8.96 Å². The van der Waals surface area contributed by atoms with Crippen LogP contribution in [0, 0.1) is 13.8 Å². The molecule has 0 aliphatic rings. The van der Waals surface area contributed by atoms with Crippen LogP contribution in [0.1, 0.15) is 17.1 Å². The van der Waals surface area contributed by atoms with Gasteiger partial charge >= 0.3 is 0 Å². The van der Waals surface area contributed by atoms with Gasteiger partial charge in [-0.15, -0.1) is 0 Å². The predicted octanol–water partition coefficient (Wildman–Crippen LogP) is 1.67. The van der Waals surface area contributed by atoms with Gasteiger partial charge < -0.3 is 0 Å². The molecule has 0 saturated carbocycles. The van der Waals surface area contributed by atoms with Gasteiger partial charge in [-0.25, -0.2) is 22.5 Å². The van der Waals surface area contributed by atoms with Gasteiger partial charge in [0, 0.05) is 6.20 Å². The molecule has 1 aromatic carbocycles. The number of aryl methyl sites for hydroxylation is 2. The van der Waals surface area contributed by atoms with E-state index in [2.05, 4.69) is 4.98 Å². The zero-order chi connectivity index (χ0) is 13.3. The van der Waals surface area contributed by atoms with Gasteiger partial charge in [-0.05, 0) is 26.0 Å². The molecule has 5 nitrogen and oxygen atoms in total. The topological polar surface area (TPSA) is 71.9 Å². The molecule has 1 aromatic heterocycles. The Hall–Kier alpha value is -1.66. The maximum absolute atomic E-state index is 12.3. The van der Waals surface area contributed by atoms with Crippen molar-refractivity contribution < 1.29 is 13.5 Å². The fourth-order valence-corrected chi connectivity index (χ4v) is 3.02. The summed E-state index contributed by atoms with van der Waals surface area (Å²) in [7, 11) is -3.72. The van der Waals surface area contributed by atoms with Crippen LogP contribution in [0.25, 0.3) is 0 Å². The normalized spacial score (nSPS) is 11.7. The highest BCUT2D eigenvalue weighted by molar-refractivity contribution is 7.90. The molecule has 0 spiro atoms. The summed E-state index contributed by atoms with van der Waals surface area (Å²) in [5.41, 5.74) is 1.48. The van der Waals surface area contributed by atoms with Gasteiger partial charge in [-0.1, -0.05) is 17.7 Å². The molecule has 2 rings (SSSR count). The average molecular weight is 265 g/mol. The molecule has 18 heavy (non-hydrogen) atoms. The first kappa shape index (κ1) is 12.8. The Morgan fingerprint density at radius 3 is 2.33 bits per heavy atom. The van der Waals surface area contributed by atoms with Gasteiger partial charge in [0.15, 0.2) is 5.82 Å². The molecule has 2 aromatic rings. The highest BCUT2D eigenvalue weighted by atomic mass is 32.2. The van der Waals surface area contributed by atoms with Crippen LogP contribution in [0.5, 0.6) is 0 Å². The summed E-state index contributed by atoms with van der Waals surface area (Å²) in [4.78, 5) is 4.06. The van der Waals surface area contributed by atoms with Crippen molar-refractivity contribution in [2.24, 2.45) is 0 Å². The van der Waals surface area contributed by atoms with Crippen LogP contribution in [-0.4, -0.2) is 17.4 Å². The first-order chi connectivity index (χ1) is 8.45. The molecular formula is C12H13N2O3S. The van der Waals surface area contributed by atoms with Crippen LogP contribution in [-0.2, 0) is 21.7 Å². The fourth-order valence-electron chi connectivity index (χ4n) is 1.65. The second-order valence-corrected chi connectivity index (χ2v) is 5.87. The second kappa shape index (κ2) is 4.55. The maximum atomic E-state index is 12.3. The van der Waals surface area contributed by atoms with E-state index in [1.165, 1.54) is 18.3 Å². The lowest BCUT2D eigenvalue weighted by molar-refractivity contribution is 0.169. The Labute approximate surface area is 106 Å². The molecule has 0 aliphatic carbocycles. The Bertz CT molecular complexity index is 657. The minimum atomic E-state index is -3.72. The highest BCUT2D eigenvalue weighted by Crippen LogP contribution is 2.17. The average Bonchev–Trinajstić information content (AvgIpc) is 2.72. The van der Waals surface area contributed by atoms with Crippen LogP contribution < -0.4 is 0 Å². The maximum Gasteiger partial charge on any atom is 0.269 e. The van der Waals surface area contributed by atoms with Crippen molar-refractivity contribution in [1.29, 1.82) is 0 Å². The lowest BCUT2D eigenvalue weighted by Crippen LogP contribution is -2.15. The van der Waals surface area contributed by atoms with Crippen LogP contribution in [0.2, 0.25) is 0 Å². The Morgan fingerprint density at radius 1 is 1.17 bits per heavy atom. The second-order valence-electron chi connectivity index (χ2n) is 4.06. The third kappa shape index (κ3) is 2.16. The number of aromatic nitrogens is 2. The lowest BCUT2D eigenvalue weighted by Gasteiger charge is -2.07. The van der Waals surface area contributed by atoms with Crippen LogP contribution in [0.15, 0.2) is 35.4 Å². The summed E-state index contributed by atoms with van der Waals surface area (Å²) < 4.78 is 25.6. The van der Waals surface area contributed by atoms with E-state index in [0.29, 0.717) is 5.69 Å². The molecule has 0 atom stereocenters. The molecule has 1 radical (unpaired) electrons. The molecule has 0 amide bonds. The first-order valence-electron chi connectivity index (χ1n) is 5.40. The molecule has 95 valence electrons. The standard InChI is InChI=1S/C12H13N2O3S/c1-9-3-5-11(6-4-9)18(16,17)14-7-10(2)13-12(14)8-15/h3-7H,8H2,1-2H3. The molecular weight excluding hydrogens is 252 g/mol. The Kier molecular flexibility index (Phi) is 3.23. The Balaban J connectivity index is 2.57. The Morgan fingerprint density at radius 2 is 1.78 bits per heavy atom. The quantitative estimate of drug-likeness (QED) is 0.847. The van der Waals surface area contributed by atoms with Crippen molar-refractivity contribution in [3.05, 3.63) is 47.5 Å². The van der Waals surface area contributed by atoms with Crippen molar-refractivity contribution in [2.75, 3.05) is 0 Å². The van der Waals surface area contributed by atoms with E-state index in [-0.39, 0.29) is 10.7 Å². The summed E-state index contributed by atoms with van der Waals surface area (Å²) in [6.07, 6.45) is 1.36. The predicted molar refractivity (Wildman–Crippen MR) is 65.1 cm³/mol. The van der Waals surface area contributed by atoms with E-state index in [1.54, 1.807) is 19.1 Å². The van der Waals surface area contributed by atoms with Crippen LogP contribution in [0.3, 0.4) is 0 Å². The lowest BCUT2D eigenvalue weighted by atomic mass is 10.2. The number of hydrogen-bond acceptors (Lipinski definition) is 3. The van der Waals surface area contributed by atoms with Crippen molar-refractivity contribution in [3.8, 4) is 0 Å². The van der Waals surface area contributed by atoms with E-state index >= 15 is 0 Å². The van der Waals surface area contributed by atoms with Gasteiger partial charge in [-0.2, -0.15) is 0 Å². The van der Waals surface area contributed by atoms with E-state index < -0.39 is 16.6 Å². The summed E-state index contributed by atoms with van der Waals surface area (Å²) in [5, 5.41) is 10.9. The fraction of sp³-hybridized carbons (Fsp3) is 0.250. The molecule has 0 fully saturated rings. The number of rotatable bonds is 3. The zero-order valence-corrected chi connectivity index (χ0v) is 10.9. The van der Waals surface area contributed by atoms with Gasteiger partial charge in [0.05, 0.1) is 10.6 Å². The summed E-state index contributed by atoms with van der Waals surface area (Å²) in [5.74, 6) is 0.00748. The largest absolute Gasteiger partial charge is 0.269 e. The monoisotopic (exact) mass is 265 g/mol. The zero-order valence-electron chi connectivity index (χ0n) is 10.1. The number of imidazole rings is 1. The van der Waals surface area contributed by atoms with Gasteiger partial charge in [0.2, 0.25) is 0 Å². The third-order valence-corrected chi connectivity index (χ3v) is 4.27. The SMILES string of the molecule is Cc1ccc(S(=O)(=O)n2cc(C)nc2C[O])cc1. The number of benzene rings is 1. The molecule has 0 bridgehead atoms. The van der Waals surface area contributed by atoms with Crippen molar-refractivity contribution in [3.63, 3.8) is 0 Å². The summed E-state index contributed by atoms with van der Waals surface area (Å²) >= 11 is 0. The molecule has 1 heterocycles. The highest BCUT2D eigenvalue weighted by Gasteiger charge is 2.20. The molecule has 0 saturated heterocycles. The van der Waals surface area contributed by atoms with Crippen molar-refractivity contribution >= 4 is 10.0 Å². The smallest absolute Gasteiger partial charge is 0.235 e. The molecule has 0 unspecified atom stereocenters. The third-order valence-electron chi connectivity index (χ3n) is 2.57. The van der Waals surface area contributed by atoms with E-state index in [9.17, 15) is 13.5 Å². The van der Waals surface area contributed by atoms with Gasteiger partial charge in [-0.3, -0.25) is 0 Å². The van der Waals surface area contributed by atoms with Crippen LogP contribution in [0.4, 0.5) is 0 Å². The summed E-state index contributed by atoms with van der Waals surface area (Å²) in [6.45, 7) is 2.86. The molecule has 6 heteroatoms. The minimum Gasteiger partial charge on any atom is -0.235 e. The van der Waals surface area contributed by atoms with Crippen LogP contribution >= 0.6 is 0 Å².